The Kier molecular flexibility index (Phi) is 2.54. The Morgan fingerprint density at radius 1 is 1.00 bits per heavy atom. The van der Waals surface area contributed by atoms with Gasteiger partial charge in [0, 0.05) is 3.92 Å². The highest BCUT2D eigenvalue weighted by Gasteiger charge is 2.03. The van der Waals surface area contributed by atoms with Crippen molar-refractivity contribution in [3.63, 3.8) is 0 Å². The van der Waals surface area contributed by atoms with Crippen LogP contribution >= 0.6 is 22.6 Å². The van der Waals surface area contributed by atoms with Crippen LogP contribution in [0.2, 0.25) is 0 Å². The van der Waals surface area contributed by atoms with Crippen LogP contribution in [0.1, 0.15) is 16.4 Å². The van der Waals surface area contributed by atoms with Gasteiger partial charge in [0.1, 0.15) is 0 Å². The summed E-state index contributed by atoms with van der Waals surface area (Å²) >= 11 is 2.46. The molecule has 0 nitrogen and oxygen atoms in total. The SMILES string of the molecule is C[C@H](I)c1cccc2ccccc12. The van der Waals surface area contributed by atoms with Crippen LogP contribution in [0.25, 0.3) is 10.8 Å². The van der Waals surface area contributed by atoms with Crippen molar-refractivity contribution in [1.82, 2.24) is 0 Å². The average Bonchev–Trinajstić information content (AvgIpc) is 2.17. The fraction of sp³-hybridized carbons (Fsp3) is 0.167. The molecule has 0 saturated heterocycles. The molecule has 66 valence electrons. The van der Waals surface area contributed by atoms with E-state index in [9.17, 15) is 0 Å². The lowest BCUT2D eigenvalue weighted by Crippen LogP contribution is -1.85. The molecule has 13 heavy (non-hydrogen) atoms. The summed E-state index contributed by atoms with van der Waals surface area (Å²) in [4.78, 5) is 0. The molecular weight excluding hydrogens is 271 g/mol. The van der Waals surface area contributed by atoms with Crippen LogP contribution in [0.15, 0.2) is 42.5 Å². The van der Waals surface area contributed by atoms with Crippen LogP contribution in [-0.4, -0.2) is 0 Å². The van der Waals surface area contributed by atoms with Gasteiger partial charge in [0.2, 0.25) is 0 Å². The molecule has 1 atom stereocenters. The molecule has 2 aromatic rings. The van der Waals surface area contributed by atoms with Crippen LogP contribution in [-0.2, 0) is 0 Å². The zero-order valence-electron chi connectivity index (χ0n) is 7.50. The summed E-state index contributed by atoms with van der Waals surface area (Å²) in [5.41, 5.74) is 1.43. The smallest absolute Gasteiger partial charge is 0.0337 e. The van der Waals surface area contributed by atoms with Gasteiger partial charge in [-0.2, -0.15) is 0 Å². The van der Waals surface area contributed by atoms with Gasteiger partial charge in [-0.05, 0) is 23.3 Å². The number of hydrogen-bond donors (Lipinski definition) is 0. The summed E-state index contributed by atoms with van der Waals surface area (Å²) in [6.45, 7) is 2.22. The minimum atomic E-state index is 0.573. The molecule has 0 heterocycles. The van der Waals surface area contributed by atoms with Gasteiger partial charge in [-0.25, -0.2) is 0 Å². The Morgan fingerprint density at radius 3 is 2.46 bits per heavy atom. The van der Waals surface area contributed by atoms with Gasteiger partial charge in [-0.1, -0.05) is 65.1 Å². The molecular formula is C12H11I. The Labute approximate surface area is 92.1 Å². The van der Waals surface area contributed by atoms with Crippen LogP contribution in [0.3, 0.4) is 0 Å². The highest BCUT2D eigenvalue weighted by Crippen LogP contribution is 2.29. The van der Waals surface area contributed by atoms with Crippen molar-refractivity contribution in [1.29, 1.82) is 0 Å². The zero-order chi connectivity index (χ0) is 9.26. The lowest BCUT2D eigenvalue weighted by Gasteiger charge is -2.07. The van der Waals surface area contributed by atoms with E-state index in [1.807, 2.05) is 0 Å². The topological polar surface area (TPSA) is 0 Å². The summed E-state index contributed by atoms with van der Waals surface area (Å²) in [6, 6.07) is 15.1. The molecule has 0 radical (unpaired) electrons. The predicted molar refractivity (Wildman–Crippen MR) is 66.4 cm³/mol. The van der Waals surface area contributed by atoms with Gasteiger partial charge in [0.15, 0.2) is 0 Å². The number of hydrogen-bond acceptors (Lipinski definition) is 0. The van der Waals surface area contributed by atoms with E-state index in [-0.39, 0.29) is 0 Å². The van der Waals surface area contributed by atoms with Crippen molar-refractivity contribution in [2.45, 2.75) is 10.8 Å². The third-order valence-corrected chi connectivity index (χ3v) is 2.92. The molecule has 2 rings (SSSR count). The minimum Gasteiger partial charge on any atom is -0.0777 e. The van der Waals surface area contributed by atoms with Crippen molar-refractivity contribution in [2.24, 2.45) is 0 Å². The van der Waals surface area contributed by atoms with E-state index in [1.165, 1.54) is 16.3 Å². The first kappa shape index (κ1) is 9.00. The Bertz CT molecular complexity index is 413. The average molecular weight is 282 g/mol. The molecule has 0 amide bonds. The van der Waals surface area contributed by atoms with Crippen molar-refractivity contribution >= 4 is 33.4 Å². The highest BCUT2D eigenvalue weighted by molar-refractivity contribution is 14.1. The molecule has 1 heteroatoms. The van der Waals surface area contributed by atoms with Crippen molar-refractivity contribution < 1.29 is 0 Å². The van der Waals surface area contributed by atoms with Crippen molar-refractivity contribution in [3.8, 4) is 0 Å². The summed E-state index contributed by atoms with van der Waals surface area (Å²) in [6.07, 6.45) is 0. The number of benzene rings is 2. The Morgan fingerprint density at radius 2 is 1.69 bits per heavy atom. The van der Waals surface area contributed by atoms with Gasteiger partial charge in [-0.3, -0.25) is 0 Å². The Hall–Kier alpha value is -0.570. The quantitative estimate of drug-likeness (QED) is 0.539. The fourth-order valence-corrected chi connectivity index (χ4v) is 2.14. The first-order valence-electron chi connectivity index (χ1n) is 4.41. The molecule has 0 aliphatic heterocycles. The second-order valence-electron chi connectivity index (χ2n) is 3.18. The molecule has 2 aromatic carbocycles. The summed E-state index contributed by atoms with van der Waals surface area (Å²) in [5.74, 6) is 0. The Balaban J connectivity index is 2.76. The van der Waals surface area contributed by atoms with E-state index in [0.717, 1.165) is 0 Å². The second-order valence-corrected chi connectivity index (χ2v) is 5.05. The molecule has 0 aliphatic carbocycles. The maximum atomic E-state index is 2.46. The fourth-order valence-electron chi connectivity index (χ4n) is 1.60. The van der Waals surface area contributed by atoms with Gasteiger partial charge in [0.25, 0.3) is 0 Å². The zero-order valence-corrected chi connectivity index (χ0v) is 9.65. The van der Waals surface area contributed by atoms with Gasteiger partial charge in [-0.15, -0.1) is 0 Å². The monoisotopic (exact) mass is 282 g/mol. The molecule has 0 saturated carbocycles. The van der Waals surface area contributed by atoms with Crippen LogP contribution < -0.4 is 0 Å². The van der Waals surface area contributed by atoms with Gasteiger partial charge >= 0.3 is 0 Å². The standard InChI is InChI=1S/C12H11I/c1-9(13)11-8-4-6-10-5-2-3-7-12(10)11/h2-9H,1H3/t9-/m0/s1. The normalized spacial score (nSPS) is 13.1. The van der Waals surface area contributed by atoms with Gasteiger partial charge in [0.05, 0.1) is 0 Å². The molecule has 0 spiro atoms. The molecule has 0 aromatic heterocycles. The maximum Gasteiger partial charge on any atom is 0.0337 e. The second kappa shape index (κ2) is 3.66. The van der Waals surface area contributed by atoms with Crippen LogP contribution in [0, 0.1) is 0 Å². The van der Waals surface area contributed by atoms with E-state index in [1.54, 1.807) is 0 Å². The van der Waals surface area contributed by atoms with E-state index in [0.29, 0.717) is 3.92 Å². The van der Waals surface area contributed by atoms with Crippen LogP contribution in [0.4, 0.5) is 0 Å². The lowest BCUT2D eigenvalue weighted by atomic mass is 10.0. The van der Waals surface area contributed by atoms with Crippen LogP contribution in [0.5, 0.6) is 0 Å². The molecule has 0 aliphatic rings. The molecule has 0 fully saturated rings. The molecule has 0 unspecified atom stereocenters. The first-order chi connectivity index (χ1) is 6.29. The number of halogens is 1. The van der Waals surface area contributed by atoms with Gasteiger partial charge < -0.3 is 0 Å². The number of fused-ring (bicyclic) bond motifs is 1. The lowest BCUT2D eigenvalue weighted by molar-refractivity contribution is 1.17. The third kappa shape index (κ3) is 1.70. The van der Waals surface area contributed by atoms with E-state index in [4.69, 9.17) is 0 Å². The predicted octanol–water partition coefficient (Wildman–Crippen LogP) is 4.34. The molecule has 0 bridgehead atoms. The van der Waals surface area contributed by atoms with Crippen molar-refractivity contribution in [2.75, 3.05) is 0 Å². The van der Waals surface area contributed by atoms with E-state index >= 15 is 0 Å². The largest absolute Gasteiger partial charge is 0.0777 e. The first-order valence-corrected chi connectivity index (χ1v) is 5.65. The minimum absolute atomic E-state index is 0.573. The van der Waals surface area contributed by atoms with E-state index in [2.05, 4.69) is 72.0 Å². The van der Waals surface area contributed by atoms with E-state index < -0.39 is 0 Å². The summed E-state index contributed by atoms with van der Waals surface area (Å²) < 4.78 is 0.573. The number of rotatable bonds is 1. The summed E-state index contributed by atoms with van der Waals surface area (Å²) in [5, 5.41) is 2.72. The third-order valence-electron chi connectivity index (χ3n) is 2.25. The molecule has 0 N–H and O–H groups in total. The summed E-state index contributed by atoms with van der Waals surface area (Å²) in [7, 11) is 0. The maximum absolute atomic E-state index is 2.46. The van der Waals surface area contributed by atoms with Crippen molar-refractivity contribution in [3.05, 3.63) is 48.0 Å². The highest BCUT2D eigenvalue weighted by atomic mass is 127. The number of alkyl halides is 1.